The van der Waals surface area contributed by atoms with E-state index in [2.05, 4.69) is 25.1 Å². The quantitative estimate of drug-likeness (QED) is 0.162. The fraction of sp³-hybridized carbons (Fsp3) is 0.341. The number of Topliss-reactive ketones (excluding diaryl/α,β-unsaturated/α-hetero) is 2. The van der Waals surface area contributed by atoms with Gasteiger partial charge in [-0.1, -0.05) is 18.2 Å². The molecule has 13 nitrogen and oxygen atoms in total. The number of ketones is 2. The van der Waals surface area contributed by atoms with Crippen molar-refractivity contribution >= 4 is 45.9 Å². The number of piperidine rings is 2. The Morgan fingerprint density at radius 2 is 1.57 bits per heavy atom. The first kappa shape index (κ1) is 33.9. The number of anilines is 2. The molecule has 3 saturated heterocycles. The van der Waals surface area contributed by atoms with Crippen LogP contribution in [0, 0.1) is 17.8 Å². The number of ether oxygens (including phenoxy) is 1. The van der Waals surface area contributed by atoms with Gasteiger partial charge in [0.1, 0.15) is 29.3 Å². The Hall–Kier alpha value is -5.95. The first-order valence-electron chi connectivity index (χ1n) is 18.7. The molecule has 3 aliphatic heterocycles. The second-order valence-electron chi connectivity index (χ2n) is 14.8. The van der Waals surface area contributed by atoms with E-state index in [9.17, 15) is 19.2 Å². The van der Waals surface area contributed by atoms with E-state index in [-0.39, 0.29) is 36.4 Å². The Bertz CT molecular complexity index is 2280. The van der Waals surface area contributed by atoms with Gasteiger partial charge in [0.15, 0.2) is 17.2 Å². The van der Waals surface area contributed by atoms with Crippen LogP contribution in [-0.2, 0) is 9.59 Å². The van der Waals surface area contributed by atoms with Crippen molar-refractivity contribution in [3.05, 3.63) is 90.3 Å². The topological polar surface area (TPSA) is 166 Å². The van der Waals surface area contributed by atoms with E-state index in [1.807, 2.05) is 71.4 Å². The summed E-state index contributed by atoms with van der Waals surface area (Å²) in [5.41, 5.74) is 10.5. The van der Waals surface area contributed by atoms with Crippen molar-refractivity contribution in [3.63, 3.8) is 0 Å². The van der Waals surface area contributed by atoms with Crippen LogP contribution in [0.2, 0.25) is 0 Å². The van der Waals surface area contributed by atoms with Gasteiger partial charge in [0.2, 0.25) is 11.8 Å². The molecule has 3 fully saturated rings. The predicted molar refractivity (Wildman–Crippen MR) is 201 cm³/mol. The number of hydrogen-bond donors (Lipinski definition) is 2. The number of hydrogen-bond acceptors (Lipinski definition) is 11. The Morgan fingerprint density at radius 1 is 0.815 bits per heavy atom. The number of para-hydroxylation sites is 1. The predicted octanol–water partition coefficient (Wildman–Crippen LogP) is 5.08. The number of nitrogens with one attached hydrogen (secondary N) is 1. The van der Waals surface area contributed by atoms with Crippen molar-refractivity contribution in [2.75, 3.05) is 43.4 Å². The zero-order valence-electron chi connectivity index (χ0n) is 29.7. The smallest absolute Gasteiger partial charge is 0.230 e. The van der Waals surface area contributed by atoms with Crippen LogP contribution in [-0.4, -0.2) is 80.8 Å². The fourth-order valence-electron chi connectivity index (χ4n) is 8.68. The maximum atomic E-state index is 13.5. The number of carbonyl (C=O) groups is 4. The van der Waals surface area contributed by atoms with E-state index in [4.69, 9.17) is 15.6 Å². The molecule has 9 rings (SSSR count). The number of amides is 2. The summed E-state index contributed by atoms with van der Waals surface area (Å²) in [5, 5.41) is 8.14. The van der Waals surface area contributed by atoms with E-state index in [1.165, 1.54) is 6.33 Å². The zero-order chi connectivity index (χ0) is 36.9. The average molecular weight is 725 g/mol. The second kappa shape index (κ2) is 13.8. The van der Waals surface area contributed by atoms with Gasteiger partial charge < -0.3 is 20.3 Å². The third kappa shape index (κ3) is 6.17. The van der Waals surface area contributed by atoms with Crippen molar-refractivity contribution in [2.24, 2.45) is 17.8 Å². The highest BCUT2D eigenvalue weighted by Gasteiger charge is 2.47. The Balaban J connectivity index is 0.835. The Morgan fingerprint density at radius 3 is 2.35 bits per heavy atom. The molecule has 274 valence electrons. The van der Waals surface area contributed by atoms with Gasteiger partial charge in [0, 0.05) is 61.5 Å². The number of rotatable bonds is 8. The lowest BCUT2D eigenvalue weighted by atomic mass is 9.82. The molecule has 0 saturated carbocycles. The van der Waals surface area contributed by atoms with E-state index >= 15 is 0 Å². The molecule has 4 aliphatic rings. The molecule has 0 spiro atoms. The molecule has 2 aromatic heterocycles. The second-order valence-corrected chi connectivity index (χ2v) is 14.8. The highest BCUT2D eigenvalue weighted by Crippen LogP contribution is 2.39. The summed E-state index contributed by atoms with van der Waals surface area (Å²) in [6, 6.07) is 23.1. The van der Waals surface area contributed by atoms with Gasteiger partial charge in [0.05, 0.1) is 23.3 Å². The normalized spacial score (nSPS) is 22.2. The summed E-state index contributed by atoms with van der Waals surface area (Å²) in [6.07, 6.45) is 4.73. The lowest BCUT2D eigenvalue weighted by Crippen LogP contribution is -2.46. The number of likely N-dealkylation sites (tertiary alicyclic amines) is 1. The summed E-state index contributed by atoms with van der Waals surface area (Å²) in [6.45, 7) is 4.56. The number of nitrogens with two attached hydrogens (primary N) is 1. The molecule has 54 heavy (non-hydrogen) atoms. The van der Waals surface area contributed by atoms with Crippen molar-refractivity contribution < 1.29 is 23.9 Å². The molecule has 5 aromatic rings. The monoisotopic (exact) mass is 724 g/mol. The van der Waals surface area contributed by atoms with Crippen LogP contribution in [0.25, 0.3) is 22.3 Å². The van der Waals surface area contributed by atoms with Crippen LogP contribution in [0.4, 0.5) is 11.5 Å². The molecule has 3 unspecified atom stereocenters. The molecule has 0 radical (unpaired) electrons. The molecule has 1 aliphatic carbocycles. The van der Waals surface area contributed by atoms with Crippen LogP contribution >= 0.6 is 0 Å². The minimum Gasteiger partial charge on any atom is -0.457 e. The number of nitrogens with zero attached hydrogens (tertiary/aromatic N) is 6. The summed E-state index contributed by atoms with van der Waals surface area (Å²) in [7, 11) is 0. The summed E-state index contributed by atoms with van der Waals surface area (Å²) in [5.74, 6) is -1.03. The molecule has 13 heteroatoms. The van der Waals surface area contributed by atoms with Crippen LogP contribution in [0.1, 0.15) is 58.9 Å². The molecular formula is C41H40N8O5. The number of carbonyl (C=O) groups excluding carboxylic acids is 4. The van der Waals surface area contributed by atoms with Crippen LogP contribution < -0.4 is 20.7 Å². The van der Waals surface area contributed by atoms with E-state index < -0.39 is 17.7 Å². The average Bonchev–Trinajstić information content (AvgIpc) is 3.88. The van der Waals surface area contributed by atoms with E-state index in [0.29, 0.717) is 22.9 Å². The Labute approximate surface area is 311 Å². The van der Waals surface area contributed by atoms with Gasteiger partial charge in [-0.2, -0.15) is 5.10 Å². The highest BCUT2D eigenvalue weighted by atomic mass is 16.5. The summed E-state index contributed by atoms with van der Waals surface area (Å²) in [4.78, 5) is 64.6. The fourth-order valence-corrected chi connectivity index (χ4v) is 8.68. The van der Waals surface area contributed by atoms with Crippen molar-refractivity contribution in [1.82, 2.24) is 30.0 Å². The minimum atomic E-state index is -1.06. The van der Waals surface area contributed by atoms with Crippen molar-refractivity contribution in [1.29, 1.82) is 0 Å². The summed E-state index contributed by atoms with van der Waals surface area (Å²) < 4.78 is 8.03. The van der Waals surface area contributed by atoms with Crippen LogP contribution in [0.5, 0.6) is 11.5 Å². The maximum Gasteiger partial charge on any atom is 0.230 e. The third-order valence-corrected chi connectivity index (χ3v) is 11.5. The van der Waals surface area contributed by atoms with Crippen molar-refractivity contribution in [2.45, 2.75) is 38.1 Å². The van der Waals surface area contributed by atoms with E-state index in [0.717, 1.165) is 91.5 Å². The number of benzene rings is 3. The Kier molecular flexibility index (Phi) is 8.65. The van der Waals surface area contributed by atoms with Crippen LogP contribution in [0.15, 0.2) is 79.1 Å². The number of imide groups is 1. The highest BCUT2D eigenvalue weighted by molar-refractivity contribution is 6.28. The van der Waals surface area contributed by atoms with Gasteiger partial charge in [-0.25, -0.2) is 14.6 Å². The van der Waals surface area contributed by atoms with Gasteiger partial charge in [-0.3, -0.25) is 24.5 Å². The SMILES string of the molecule is Nc1ncnc2c1c(-c1ccc(Oc3ccccc3)cc1)nn2C1CCN(CC2CCN(c3ccc4c(c3)C(=O)C(C3CCC(=O)NC3=O)C4=O)C2)CC1. The molecule has 0 bridgehead atoms. The lowest BCUT2D eigenvalue weighted by molar-refractivity contribution is -0.137. The zero-order valence-corrected chi connectivity index (χ0v) is 29.7. The van der Waals surface area contributed by atoms with Gasteiger partial charge in [0.25, 0.3) is 0 Å². The van der Waals surface area contributed by atoms with Crippen molar-refractivity contribution in [3.8, 4) is 22.8 Å². The van der Waals surface area contributed by atoms with E-state index in [1.54, 1.807) is 6.07 Å². The maximum absolute atomic E-state index is 13.5. The third-order valence-electron chi connectivity index (χ3n) is 11.5. The molecule has 2 amide bonds. The molecule has 5 heterocycles. The standard InChI is InChI=1S/C41H40N8O5/c42-39-35-36(25-6-9-29(10-7-25)54-28-4-2-1-3-5-28)46-49(40(35)44-23-43-39)26-15-17-47(18-16-26)21-24-14-19-48(22-24)27-8-11-30-32(20-27)38(52)34(37(30)51)31-12-13-33(50)45-41(31)53/h1-11,20,23-24,26,31,34H,12-19,21-22H2,(H2,42,43,44)(H,45,50,53). The lowest BCUT2D eigenvalue weighted by Gasteiger charge is -2.33. The van der Waals surface area contributed by atoms with Gasteiger partial charge >= 0.3 is 0 Å². The number of nitrogen functional groups attached to an aromatic ring is 1. The van der Waals surface area contributed by atoms with Crippen LogP contribution in [0.3, 0.4) is 0 Å². The number of aromatic nitrogens is 4. The first-order valence-corrected chi connectivity index (χ1v) is 18.7. The minimum absolute atomic E-state index is 0.134. The molecule has 3 N–H and O–H groups in total. The molecular weight excluding hydrogens is 685 g/mol. The molecule has 3 aromatic carbocycles. The summed E-state index contributed by atoms with van der Waals surface area (Å²) >= 11 is 0. The largest absolute Gasteiger partial charge is 0.457 e. The number of fused-ring (bicyclic) bond motifs is 2. The first-order chi connectivity index (χ1) is 26.3. The van der Waals surface area contributed by atoms with Gasteiger partial charge in [-0.05, 0) is 86.2 Å². The van der Waals surface area contributed by atoms with Gasteiger partial charge in [-0.15, -0.1) is 0 Å². The molecule has 3 atom stereocenters.